The van der Waals surface area contributed by atoms with E-state index in [2.05, 4.69) is 20.7 Å². The largest absolute Gasteiger partial charge is 0.481 e. The fourth-order valence-corrected chi connectivity index (χ4v) is 6.16. The highest BCUT2D eigenvalue weighted by atomic mass is 35.5. The Balaban J connectivity index is 1.25. The molecule has 5 aromatic rings. The molecule has 3 aromatic heterocycles. The molecule has 0 aliphatic carbocycles. The predicted octanol–water partition coefficient (Wildman–Crippen LogP) is 4.74. The lowest BCUT2D eigenvalue weighted by Crippen LogP contribution is -2.38. The van der Waals surface area contributed by atoms with Crippen molar-refractivity contribution < 1.29 is 24.2 Å². The Hall–Kier alpha value is -4.91. The monoisotopic (exact) mass is 676 g/mol. The van der Waals surface area contributed by atoms with Crippen molar-refractivity contribution in [1.82, 2.24) is 29.8 Å². The molecule has 2 amide bonds. The highest BCUT2D eigenvalue weighted by Crippen LogP contribution is 2.42. The number of ether oxygens (including phenoxy) is 2. The highest BCUT2D eigenvalue weighted by molar-refractivity contribution is 6.39. The molecule has 1 unspecified atom stereocenters. The van der Waals surface area contributed by atoms with Gasteiger partial charge in [0.05, 0.1) is 28.4 Å². The Morgan fingerprint density at radius 1 is 1.06 bits per heavy atom. The molecule has 0 radical (unpaired) electrons. The molecule has 0 saturated carbocycles. The minimum Gasteiger partial charge on any atom is -0.481 e. The van der Waals surface area contributed by atoms with Crippen molar-refractivity contribution in [2.24, 2.45) is 7.05 Å². The van der Waals surface area contributed by atoms with Crippen molar-refractivity contribution in [3.8, 4) is 39.4 Å². The van der Waals surface area contributed by atoms with E-state index in [-0.39, 0.29) is 49.0 Å². The van der Waals surface area contributed by atoms with E-state index in [1.807, 2.05) is 36.4 Å². The number of halogens is 2. The average Bonchev–Trinajstić information content (AvgIpc) is 3.70. The summed E-state index contributed by atoms with van der Waals surface area (Å²) in [4.78, 5) is 41.1. The van der Waals surface area contributed by atoms with Gasteiger partial charge in [0.15, 0.2) is 5.82 Å². The van der Waals surface area contributed by atoms with Crippen molar-refractivity contribution in [3.63, 3.8) is 0 Å². The van der Waals surface area contributed by atoms with Gasteiger partial charge in [-0.15, -0.1) is 0 Å². The van der Waals surface area contributed by atoms with Gasteiger partial charge in [-0.1, -0.05) is 59.6 Å². The number of carbonyl (C=O) groups excluding carboxylic acids is 2. The van der Waals surface area contributed by atoms with Crippen molar-refractivity contribution >= 4 is 40.7 Å². The molecule has 1 atom stereocenters. The van der Waals surface area contributed by atoms with E-state index >= 15 is 0 Å². The van der Waals surface area contributed by atoms with Gasteiger partial charge in [0, 0.05) is 60.1 Å². The van der Waals surface area contributed by atoms with Crippen LogP contribution in [0.4, 0.5) is 4.79 Å². The molecule has 4 heterocycles. The molecule has 14 heteroatoms. The second-order valence-corrected chi connectivity index (χ2v) is 11.7. The van der Waals surface area contributed by atoms with Crippen LogP contribution in [0.25, 0.3) is 39.0 Å². The van der Waals surface area contributed by atoms with Crippen molar-refractivity contribution in [1.29, 1.82) is 0 Å². The molecule has 3 N–H and O–H groups in total. The fraction of sp³-hybridized carbons (Fsp3) is 0.242. The number of rotatable bonds is 9. The normalized spacial score (nSPS) is 14.3. The summed E-state index contributed by atoms with van der Waals surface area (Å²) in [7, 11) is 3.03. The van der Waals surface area contributed by atoms with Gasteiger partial charge in [0.1, 0.15) is 18.7 Å². The Kier molecular flexibility index (Phi) is 9.17. The number of fused-ring (bicyclic) bond motifs is 1. The fourth-order valence-electron chi connectivity index (χ4n) is 5.50. The first-order valence-electron chi connectivity index (χ1n) is 14.7. The summed E-state index contributed by atoms with van der Waals surface area (Å²) < 4.78 is 13.6. The Bertz CT molecular complexity index is 2080. The first kappa shape index (κ1) is 32.0. The molecule has 1 saturated heterocycles. The summed E-state index contributed by atoms with van der Waals surface area (Å²) in [5.74, 6) is 0.473. The average molecular weight is 678 g/mol. The zero-order chi connectivity index (χ0) is 33.2. The van der Waals surface area contributed by atoms with Gasteiger partial charge < -0.3 is 25.2 Å². The smallest absolute Gasteiger partial charge is 0.407 e. The van der Waals surface area contributed by atoms with Gasteiger partial charge in [0.25, 0.3) is 5.56 Å². The maximum absolute atomic E-state index is 12.8. The van der Waals surface area contributed by atoms with E-state index < -0.39 is 6.09 Å². The lowest BCUT2D eigenvalue weighted by atomic mass is 9.97. The summed E-state index contributed by atoms with van der Waals surface area (Å²) in [5, 5.41) is 20.2. The molecular formula is C33H30Cl2N6O6. The summed E-state index contributed by atoms with van der Waals surface area (Å²) >= 11 is 14.0. The number of hydrogen-bond acceptors (Lipinski definition) is 8. The molecule has 12 nitrogen and oxygen atoms in total. The molecule has 6 rings (SSSR count). The number of aliphatic hydroxyl groups is 1. The number of amides is 2. The van der Waals surface area contributed by atoms with Crippen LogP contribution in [0.15, 0.2) is 65.6 Å². The van der Waals surface area contributed by atoms with Crippen LogP contribution in [0.3, 0.4) is 0 Å². The minimum atomic E-state index is -0.616. The van der Waals surface area contributed by atoms with Crippen molar-refractivity contribution in [2.75, 3.05) is 13.7 Å². The van der Waals surface area contributed by atoms with E-state index in [4.69, 9.17) is 32.7 Å². The SMILES string of the molecule is COc1nc(-c2cccc(-c3cccc(-c4cc5c(=O)n(C)c(CO)nn5c4)c3Cl)c2Cl)ccc1COC(=O)NCC1CCC(=O)N1. The predicted molar refractivity (Wildman–Crippen MR) is 176 cm³/mol. The molecule has 1 aliphatic heterocycles. The Morgan fingerprint density at radius 3 is 2.45 bits per heavy atom. The number of nitrogens with zero attached hydrogens (tertiary/aromatic N) is 4. The van der Waals surface area contributed by atoms with Gasteiger partial charge in [-0.2, -0.15) is 5.10 Å². The number of carbonyl (C=O) groups is 2. The number of alkyl carbamates (subject to hydrolysis) is 1. The van der Waals surface area contributed by atoms with Crippen molar-refractivity contribution in [2.45, 2.75) is 32.1 Å². The number of nitrogens with one attached hydrogen (secondary N) is 2. The standard InChI is InChI=1S/C33H30Cl2N6O6/c1-40-27(16-42)39-41-15-19(13-26(41)32(40)44)21-5-3-6-22(29(21)34)23-7-4-8-24(30(23)35)25-11-9-18(31(38-25)46-2)17-47-33(45)36-14-20-10-12-28(43)37-20/h3-9,11,13,15,20,42H,10,12,14,16-17H2,1-2H3,(H,36,45)(H,37,43). The van der Waals surface area contributed by atoms with E-state index in [0.717, 1.165) is 0 Å². The number of hydrogen-bond donors (Lipinski definition) is 3. The maximum atomic E-state index is 12.8. The maximum Gasteiger partial charge on any atom is 0.407 e. The van der Waals surface area contributed by atoms with E-state index in [0.29, 0.717) is 67.5 Å². The molecule has 47 heavy (non-hydrogen) atoms. The Morgan fingerprint density at radius 2 is 1.77 bits per heavy atom. The van der Waals surface area contributed by atoms with Crippen molar-refractivity contribution in [3.05, 3.63) is 92.6 Å². The Labute approximate surface area is 278 Å². The third kappa shape index (κ3) is 6.39. The van der Waals surface area contributed by atoms with Crippen LogP contribution in [-0.2, 0) is 29.8 Å². The first-order chi connectivity index (χ1) is 22.7. The van der Waals surface area contributed by atoms with Crippen LogP contribution in [0, 0.1) is 0 Å². The van der Waals surface area contributed by atoms with Crippen LogP contribution in [0.2, 0.25) is 10.0 Å². The minimum absolute atomic E-state index is 0.0280. The number of methoxy groups -OCH3 is 1. The quantitative estimate of drug-likeness (QED) is 0.203. The topological polar surface area (TPSA) is 149 Å². The molecule has 2 aromatic carbocycles. The van der Waals surface area contributed by atoms with E-state index in [9.17, 15) is 19.5 Å². The number of benzene rings is 2. The molecule has 1 fully saturated rings. The zero-order valence-electron chi connectivity index (χ0n) is 25.4. The summed E-state index contributed by atoms with van der Waals surface area (Å²) in [6.07, 6.45) is 2.19. The number of aliphatic hydroxyl groups excluding tert-OH is 1. The van der Waals surface area contributed by atoms with Gasteiger partial charge in [-0.05, 0) is 24.6 Å². The van der Waals surface area contributed by atoms with Crippen LogP contribution in [0.1, 0.15) is 24.2 Å². The summed E-state index contributed by atoms with van der Waals surface area (Å²) in [6.45, 7) is -0.170. The molecule has 242 valence electrons. The second kappa shape index (κ2) is 13.4. The van der Waals surface area contributed by atoms with E-state index in [1.54, 1.807) is 31.4 Å². The number of aromatic nitrogens is 4. The third-order valence-corrected chi connectivity index (χ3v) is 8.83. The molecule has 0 spiro atoms. The summed E-state index contributed by atoms with van der Waals surface area (Å²) in [5.41, 5.74) is 4.45. The van der Waals surface area contributed by atoms with Crippen LogP contribution >= 0.6 is 23.2 Å². The lowest BCUT2D eigenvalue weighted by Gasteiger charge is -2.15. The van der Waals surface area contributed by atoms with Crippen LogP contribution in [-0.4, -0.2) is 56.0 Å². The van der Waals surface area contributed by atoms with Gasteiger partial charge in [0.2, 0.25) is 11.8 Å². The van der Waals surface area contributed by atoms with Gasteiger partial charge >= 0.3 is 6.09 Å². The van der Waals surface area contributed by atoms with Crippen LogP contribution < -0.4 is 20.9 Å². The second-order valence-electron chi connectivity index (χ2n) is 11.0. The summed E-state index contributed by atoms with van der Waals surface area (Å²) in [6, 6.07) is 16.2. The first-order valence-corrected chi connectivity index (χ1v) is 15.4. The third-order valence-electron chi connectivity index (χ3n) is 8.02. The van der Waals surface area contributed by atoms with Gasteiger partial charge in [-0.25, -0.2) is 14.3 Å². The highest BCUT2D eigenvalue weighted by Gasteiger charge is 2.22. The van der Waals surface area contributed by atoms with E-state index in [1.165, 1.54) is 16.2 Å². The van der Waals surface area contributed by atoms with Crippen LogP contribution in [0.5, 0.6) is 5.88 Å². The number of pyridine rings is 1. The zero-order valence-corrected chi connectivity index (χ0v) is 26.9. The molecule has 0 bridgehead atoms. The van der Waals surface area contributed by atoms with Gasteiger partial charge in [-0.3, -0.25) is 14.2 Å². The molecular weight excluding hydrogens is 647 g/mol. The lowest BCUT2D eigenvalue weighted by molar-refractivity contribution is -0.119. The molecule has 1 aliphatic rings.